The number of pyridine rings is 1. The van der Waals surface area contributed by atoms with Crippen LogP contribution in [0.15, 0.2) is 93.9 Å². The maximum absolute atomic E-state index is 12.7. The van der Waals surface area contributed by atoms with Crippen molar-refractivity contribution < 1.29 is 4.79 Å². The van der Waals surface area contributed by atoms with Crippen molar-refractivity contribution in [3.8, 4) is 0 Å². The van der Waals surface area contributed by atoms with Gasteiger partial charge in [0.2, 0.25) is 0 Å². The molecule has 0 radical (unpaired) electrons. The van der Waals surface area contributed by atoms with Crippen LogP contribution in [0.4, 0.5) is 0 Å². The fraction of sp³-hybridized carbons (Fsp3) is 0.269. The standard InChI is InChI=1S/C26H33Cl2N5O/c1-5-8-21(10-6-11-23(28)17-29-3)15-24-16-22(12-14-32-24)26(34)33-19-25(18-30-4)31-13-7-9-20(2)27/h6-12,14,16-18,30-31H,2,5,13,15,19H2,1,3-4H3,(H,33,34)/b9-7-,10-6+,21-8+,23-11+,25-18-,29-17?. The highest BCUT2D eigenvalue weighted by Gasteiger charge is 2.08. The number of carbonyl (C=O) groups is 1. The number of rotatable bonds is 14. The van der Waals surface area contributed by atoms with Crippen molar-refractivity contribution in [1.29, 1.82) is 0 Å². The largest absolute Gasteiger partial charge is 0.393 e. The molecule has 0 spiro atoms. The lowest BCUT2D eigenvalue weighted by Crippen LogP contribution is -2.31. The van der Waals surface area contributed by atoms with E-state index in [-0.39, 0.29) is 5.91 Å². The van der Waals surface area contributed by atoms with E-state index in [1.54, 1.807) is 50.9 Å². The SMILES string of the molecule is C=C(Cl)/C=C\CN/C(=C\NC)CNC(=O)c1ccnc(CC(=C/CC)/C=C/C=C(/Cl)C=NC)c1. The summed E-state index contributed by atoms with van der Waals surface area (Å²) >= 11 is 11.8. The molecule has 1 aromatic heterocycles. The number of aromatic nitrogens is 1. The second-order valence-corrected chi connectivity index (χ2v) is 7.99. The van der Waals surface area contributed by atoms with Gasteiger partial charge in [-0.25, -0.2) is 0 Å². The molecule has 34 heavy (non-hydrogen) atoms. The minimum Gasteiger partial charge on any atom is -0.393 e. The van der Waals surface area contributed by atoms with Crippen LogP contribution in [0.2, 0.25) is 0 Å². The van der Waals surface area contributed by atoms with Crippen LogP contribution in [0, 0.1) is 0 Å². The maximum Gasteiger partial charge on any atom is 0.251 e. The third kappa shape index (κ3) is 12.8. The smallest absolute Gasteiger partial charge is 0.251 e. The number of hydrogen-bond donors (Lipinski definition) is 3. The molecule has 0 aliphatic carbocycles. The van der Waals surface area contributed by atoms with Gasteiger partial charge in [0.1, 0.15) is 0 Å². The molecule has 0 bridgehead atoms. The average molecular weight is 502 g/mol. The molecule has 1 rings (SSSR count). The highest BCUT2D eigenvalue weighted by molar-refractivity contribution is 6.39. The van der Waals surface area contributed by atoms with Gasteiger partial charge in [-0.15, -0.1) is 0 Å². The zero-order chi connectivity index (χ0) is 25.2. The third-order valence-electron chi connectivity index (χ3n) is 4.25. The van der Waals surface area contributed by atoms with Crippen LogP contribution < -0.4 is 16.0 Å². The van der Waals surface area contributed by atoms with Crippen molar-refractivity contribution in [3.63, 3.8) is 0 Å². The van der Waals surface area contributed by atoms with Gasteiger partial charge in [0.25, 0.3) is 5.91 Å². The molecule has 8 heteroatoms. The van der Waals surface area contributed by atoms with Crippen LogP contribution in [0.25, 0.3) is 0 Å². The van der Waals surface area contributed by atoms with E-state index in [0.717, 1.165) is 23.4 Å². The molecular weight excluding hydrogens is 469 g/mol. The van der Waals surface area contributed by atoms with Gasteiger partial charge in [-0.05, 0) is 36.3 Å². The minimum absolute atomic E-state index is 0.178. The van der Waals surface area contributed by atoms with Crippen molar-refractivity contribution in [2.24, 2.45) is 4.99 Å². The van der Waals surface area contributed by atoms with Gasteiger partial charge in [-0.3, -0.25) is 14.8 Å². The first-order chi connectivity index (χ1) is 16.4. The summed E-state index contributed by atoms with van der Waals surface area (Å²) in [5.74, 6) is -0.178. The summed E-state index contributed by atoms with van der Waals surface area (Å²) in [7, 11) is 3.47. The summed E-state index contributed by atoms with van der Waals surface area (Å²) in [6, 6.07) is 3.51. The highest BCUT2D eigenvalue weighted by Crippen LogP contribution is 2.11. The normalized spacial score (nSPS) is 13.1. The fourth-order valence-corrected chi connectivity index (χ4v) is 3.07. The van der Waals surface area contributed by atoms with E-state index in [1.165, 1.54) is 0 Å². The predicted molar refractivity (Wildman–Crippen MR) is 145 cm³/mol. The Bertz CT molecular complexity index is 991. The van der Waals surface area contributed by atoms with Crippen LogP contribution >= 0.6 is 23.2 Å². The monoisotopic (exact) mass is 501 g/mol. The molecule has 1 amide bonds. The average Bonchev–Trinajstić information content (AvgIpc) is 2.80. The summed E-state index contributed by atoms with van der Waals surface area (Å²) in [4.78, 5) is 21.0. The quantitative estimate of drug-likeness (QED) is 0.246. The summed E-state index contributed by atoms with van der Waals surface area (Å²) in [6.45, 7) is 6.57. The van der Waals surface area contributed by atoms with Gasteiger partial charge in [0.05, 0.1) is 11.6 Å². The number of hydrogen-bond acceptors (Lipinski definition) is 5. The Morgan fingerprint density at radius 3 is 2.74 bits per heavy atom. The third-order valence-corrected chi connectivity index (χ3v) is 4.60. The summed E-state index contributed by atoms with van der Waals surface area (Å²) in [6.07, 6.45) is 17.8. The second kappa shape index (κ2) is 17.4. The van der Waals surface area contributed by atoms with E-state index in [4.69, 9.17) is 23.2 Å². The van der Waals surface area contributed by atoms with Crippen molar-refractivity contribution >= 4 is 35.3 Å². The molecule has 0 saturated carbocycles. The van der Waals surface area contributed by atoms with Crippen molar-refractivity contribution in [3.05, 3.63) is 100 Å². The Hall–Kier alpha value is -3.09. The number of amides is 1. The Morgan fingerprint density at radius 1 is 1.26 bits per heavy atom. The number of aliphatic imine (C=N–C) groups is 1. The van der Waals surface area contributed by atoms with E-state index in [0.29, 0.717) is 35.1 Å². The molecular formula is C26H33Cl2N5O. The molecule has 182 valence electrons. The van der Waals surface area contributed by atoms with Crippen LogP contribution in [0.5, 0.6) is 0 Å². The first-order valence-electron chi connectivity index (χ1n) is 10.9. The Balaban J connectivity index is 2.80. The molecule has 0 aromatic carbocycles. The highest BCUT2D eigenvalue weighted by atomic mass is 35.5. The van der Waals surface area contributed by atoms with Crippen molar-refractivity contribution in [2.75, 3.05) is 27.2 Å². The number of nitrogens with one attached hydrogen (secondary N) is 3. The Morgan fingerprint density at radius 2 is 2.06 bits per heavy atom. The van der Waals surface area contributed by atoms with Gasteiger partial charge >= 0.3 is 0 Å². The molecule has 6 nitrogen and oxygen atoms in total. The molecule has 0 saturated heterocycles. The van der Waals surface area contributed by atoms with Crippen LogP contribution in [0.1, 0.15) is 29.4 Å². The van der Waals surface area contributed by atoms with Gasteiger partial charge in [0.15, 0.2) is 0 Å². The molecule has 0 aliphatic rings. The molecule has 0 atom stereocenters. The first-order valence-corrected chi connectivity index (χ1v) is 11.6. The lowest BCUT2D eigenvalue weighted by Gasteiger charge is -2.12. The molecule has 1 aromatic rings. The second-order valence-electron chi connectivity index (χ2n) is 7.07. The van der Waals surface area contributed by atoms with Crippen LogP contribution in [0.3, 0.4) is 0 Å². The molecule has 0 aliphatic heterocycles. The zero-order valence-electron chi connectivity index (χ0n) is 19.9. The summed E-state index contributed by atoms with van der Waals surface area (Å²) in [5, 5.41) is 10.1. The number of nitrogens with zero attached hydrogens (tertiary/aromatic N) is 2. The molecule has 3 N–H and O–H groups in total. The van der Waals surface area contributed by atoms with E-state index in [9.17, 15) is 4.79 Å². The van der Waals surface area contributed by atoms with Crippen LogP contribution in [-0.2, 0) is 6.42 Å². The van der Waals surface area contributed by atoms with E-state index < -0.39 is 0 Å². The molecule has 0 unspecified atom stereocenters. The number of allylic oxidation sites excluding steroid dienone is 8. The van der Waals surface area contributed by atoms with Gasteiger partial charge < -0.3 is 16.0 Å². The van der Waals surface area contributed by atoms with Gasteiger partial charge in [-0.2, -0.15) is 0 Å². The van der Waals surface area contributed by atoms with Gasteiger partial charge in [-0.1, -0.05) is 61.0 Å². The predicted octanol–water partition coefficient (Wildman–Crippen LogP) is 5.03. The lowest BCUT2D eigenvalue weighted by molar-refractivity contribution is 0.0956. The van der Waals surface area contributed by atoms with E-state index in [1.807, 2.05) is 24.3 Å². The van der Waals surface area contributed by atoms with Crippen molar-refractivity contribution in [2.45, 2.75) is 19.8 Å². The molecule has 1 heterocycles. The minimum atomic E-state index is -0.178. The van der Waals surface area contributed by atoms with E-state index in [2.05, 4.69) is 45.5 Å². The fourth-order valence-electron chi connectivity index (χ4n) is 2.81. The summed E-state index contributed by atoms with van der Waals surface area (Å²) in [5.41, 5.74) is 3.26. The van der Waals surface area contributed by atoms with Crippen molar-refractivity contribution in [1.82, 2.24) is 20.9 Å². The first kappa shape index (κ1) is 28.9. The van der Waals surface area contributed by atoms with Gasteiger partial charge in [0, 0.05) is 67.7 Å². The number of carbonyl (C=O) groups excluding carboxylic acids is 1. The topological polar surface area (TPSA) is 78.4 Å². The van der Waals surface area contributed by atoms with Crippen LogP contribution in [-0.4, -0.2) is 44.3 Å². The zero-order valence-corrected chi connectivity index (χ0v) is 21.5. The van der Waals surface area contributed by atoms with E-state index >= 15 is 0 Å². The molecule has 0 fully saturated rings. The summed E-state index contributed by atoms with van der Waals surface area (Å²) < 4.78 is 0. The number of halogens is 2. The Kier molecular flexibility index (Phi) is 14.8. The lowest BCUT2D eigenvalue weighted by atomic mass is 10.1. The maximum atomic E-state index is 12.7. The Labute approximate surface area is 212 Å².